The normalized spacial score (nSPS) is 11.8. The Labute approximate surface area is 236 Å². The van der Waals surface area contributed by atoms with E-state index in [1.807, 2.05) is 9.47 Å². The third-order valence-electron chi connectivity index (χ3n) is 8.65. The molecule has 0 aliphatic rings. The second kappa shape index (κ2) is 28.9. The van der Waals surface area contributed by atoms with Crippen LogP contribution in [-0.2, 0) is 9.32 Å². The third-order valence-corrected chi connectivity index (χ3v) is 8.91. The number of carbonyl (C=O) groups is 1. The van der Waals surface area contributed by atoms with Crippen LogP contribution in [0, 0.1) is 5.41 Å². The van der Waals surface area contributed by atoms with Gasteiger partial charge in [-0.15, -0.1) is 0 Å². The Morgan fingerprint density at radius 2 is 0.730 bits per heavy atom. The first-order valence-corrected chi connectivity index (χ1v) is 17.5. The Hall–Kier alpha value is -0.100. The van der Waals surface area contributed by atoms with E-state index in [1.54, 1.807) is 0 Å². The van der Waals surface area contributed by atoms with Gasteiger partial charge in [-0.25, -0.2) is 0 Å². The van der Waals surface area contributed by atoms with E-state index < -0.39 is 0 Å². The van der Waals surface area contributed by atoms with E-state index in [-0.39, 0.29) is 5.97 Å². The molecule has 0 aromatic heterocycles. The summed E-state index contributed by atoms with van der Waals surface area (Å²) in [5, 5.41) is 0. The summed E-state index contributed by atoms with van der Waals surface area (Å²) in [4.78, 5) is 11.1. The number of unbranched alkanes of at least 4 members (excludes halogenated alkanes) is 20. The molecule has 0 saturated carbocycles. The molecule has 0 rings (SSSR count). The molecule has 222 valence electrons. The van der Waals surface area contributed by atoms with Gasteiger partial charge in [0.2, 0.25) is 0 Å². The van der Waals surface area contributed by atoms with Crippen molar-refractivity contribution in [1.29, 1.82) is 0 Å². The van der Waals surface area contributed by atoms with Crippen molar-refractivity contribution < 1.29 is 9.32 Å². The minimum absolute atomic E-state index is 0.0957. The maximum absolute atomic E-state index is 11.1. The van der Waals surface area contributed by atoms with Gasteiger partial charge in [0.15, 0.2) is 0 Å². The van der Waals surface area contributed by atoms with Crippen molar-refractivity contribution in [1.82, 2.24) is 0 Å². The van der Waals surface area contributed by atoms with E-state index >= 15 is 0 Å². The van der Waals surface area contributed by atoms with Gasteiger partial charge in [-0.05, 0) is 37.5 Å². The quantitative estimate of drug-likeness (QED) is 0.0669. The number of hydrogen-bond donors (Lipinski definition) is 0. The number of hydrogen-bond acceptors (Lipinski definition) is 2. The fourth-order valence-corrected chi connectivity index (χ4v) is 6.24. The molecule has 3 heteroatoms. The van der Waals surface area contributed by atoms with Crippen molar-refractivity contribution in [2.45, 2.75) is 207 Å². The maximum atomic E-state index is 11.1. The lowest BCUT2D eigenvalue weighted by molar-refractivity contribution is -0.133. The molecule has 2 nitrogen and oxygen atoms in total. The molecule has 0 aromatic carbocycles. The summed E-state index contributed by atoms with van der Waals surface area (Å²) in [5.41, 5.74) is 0.658. The lowest BCUT2D eigenvalue weighted by atomic mass is 9.70. The highest BCUT2D eigenvalue weighted by Crippen LogP contribution is 2.42. The smallest absolute Gasteiger partial charge is 0.307 e. The minimum atomic E-state index is -0.0957. The van der Waals surface area contributed by atoms with Crippen molar-refractivity contribution in [2.24, 2.45) is 5.41 Å². The molecule has 1 unspecified atom stereocenters. The van der Waals surface area contributed by atoms with Gasteiger partial charge in [-0.1, -0.05) is 168 Å². The van der Waals surface area contributed by atoms with E-state index in [0.717, 1.165) is 12.8 Å². The maximum Gasteiger partial charge on any atom is 0.307 e. The summed E-state index contributed by atoms with van der Waals surface area (Å²) in [7, 11) is 2.05. The lowest BCUT2D eigenvalue weighted by Crippen LogP contribution is -2.21. The predicted octanol–water partition coefficient (Wildman–Crippen LogP) is 12.7. The van der Waals surface area contributed by atoms with Crippen LogP contribution in [0.25, 0.3) is 0 Å². The van der Waals surface area contributed by atoms with Gasteiger partial charge < -0.3 is 4.52 Å². The van der Waals surface area contributed by atoms with Gasteiger partial charge in [-0.2, -0.15) is 0 Å². The topological polar surface area (TPSA) is 26.3 Å². The Morgan fingerprint density at radius 3 is 1.03 bits per heavy atom. The van der Waals surface area contributed by atoms with Crippen molar-refractivity contribution >= 4 is 15.4 Å². The van der Waals surface area contributed by atoms with Gasteiger partial charge in [0.1, 0.15) is 0 Å². The van der Waals surface area contributed by atoms with E-state index in [9.17, 15) is 4.79 Å². The average molecular weight is 541 g/mol. The molecule has 0 aromatic rings. The van der Waals surface area contributed by atoms with Gasteiger partial charge in [0.05, 0.1) is 9.47 Å². The van der Waals surface area contributed by atoms with Gasteiger partial charge in [-0.3, -0.25) is 4.79 Å². The largest absolute Gasteiger partial charge is 0.452 e. The molecule has 0 heterocycles. The van der Waals surface area contributed by atoms with E-state index in [4.69, 9.17) is 0 Å². The van der Waals surface area contributed by atoms with Crippen LogP contribution in [0.4, 0.5) is 0 Å². The molecule has 37 heavy (non-hydrogen) atoms. The Bertz CT molecular complexity index is 433. The zero-order valence-corrected chi connectivity index (χ0v) is 27.1. The molecular formula is C34H69O2P. The summed E-state index contributed by atoms with van der Waals surface area (Å²) in [5.74, 6) is -0.0957. The van der Waals surface area contributed by atoms with Crippen LogP contribution in [0.15, 0.2) is 0 Å². The molecule has 0 fully saturated rings. The molecule has 0 radical (unpaired) electrons. The molecule has 0 bridgehead atoms. The monoisotopic (exact) mass is 541 g/mol. The van der Waals surface area contributed by atoms with Crippen molar-refractivity contribution in [3.8, 4) is 0 Å². The van der Waals surface area contributed by atoms with Crippen LogP contribution in [0.3, 0.4) is 0 Å². The predicted molar refractivity (Wildman–Crippen MR) is 169 cm³/mol. The van der Waals surface area contributed by atoms with Crippen molar-refractivity contribution in [2.75, 3.05) is 0 Å². The summed E-state index contributed by atoms with van der Waals surface area (Å²) < 4.78 is 4.62. The highest BCUT2D eigenvalue weighted by atomic mass is 31.0. The Morgan fingerprint density at radius 1 is 0.459 bits per heavy atom. The first-order chi connectivity index (χ1) is 18.1. The Balaban J connectivity index is 4.18. The fraction of sp³-hybridized carbons (Fsp3) is 0.971. The van der Waals surface area contributed by atoms with Gasteiger partial charge in [0, 0.05) is 6.42 Å². The zero-order valence-electron chi connectivity index (χ0n) is 25.9. The molecule has 0 spiro atoms. The molecule has 1 atom stereocenters. The summed E-state index contributed by atoms with van der Waals surface area (Å²) >= 11 is 0. The minimum Gasteiger partial charge on any atom is -0.452 e. The highest BCUT2D eigenvalue weighted by Gasteiger charge is 2.28. The van der Waals surface area contributed by atoms with Gasteiger partial charge >= 0.3 is 5.97 Å². The van der Waals surface area contributed by atoms with Crippen LogP contribution in [0.2, 0.25) is 0 Å². The summed E-state index contributed by atoms with van der Waals surface area (Å²) in [6, 6.07) is 0. The second-order valence-corrected chi connectivity index (χ2v) is 12.4. The van der Waals surface area contributed by atoms with Crippen LogP contribution >= 0.6 is 9.47 Å². The SMILES string of the molecule is CCCCCCC(CCCCCC)(CCCCCC)CCCCCCCCCCCCCCC(=O)OP. The number of rotatable bonds is 30. The zero-order chi connectivity index (χ0) is 27.3. The van der Waals surface area contributed by atoms with E-state index in [2.05, 4.69) is 25.3 Å². The standard InChI is InChI=1S/C34H69O2P/c1-4-7-10-24-29-34(30-25-11-8-5-2,31-26-12-9-6-3)32-27-22-20-18-16-14-13-15-17-19-21-23-28-33(35)36-37/h4-32,37H2,1-3H3. The van der Waals surface area contributed by atoms with Crippen LogP contribution < -0.4 is 0 Å². The molecule has 0 amide bonds. The van der Waals surface area contributed by atoms with Crippen molar-refractivity contribution in [3.63, 3.8) is 0 Å². The molecular weight excluding hydrogens is 471 g/mol. The van der Waals surface area contributed by atoms with E-state index in [0.29, 0.717) is 11.8 Å². The van der Waals surface area contributed by atoms with E-state index in [1.165, 1.54) is 167 Å². The molecule has 0 aliphatic heterocycles. The fourth-order valence-electron chi connectivity index (χ4n) is 6.13. The van der Waals surface area contributed by atoms with Gasteiger partial charge in [0.25, 0.3) is 0 Å². The van der Waals surface area contributed by atoms with Crippen LogP contribution in [0.1, 0.15) is 207 Å². The molecule has 0 aliphatic carbocycles. The third kappa shape index (κ3) is 24.7. The molecule has 0 N–H and O–H groups in total. The Kier molecular flexibility index (Phi) is 28.8. The average Bonchev–Trinajstić information content (AvgIpc) is 2.91. The second-order valence-electron chi connectivity index (χ2n) is 12.2. The first-order valence-electron chi connectivity index (χ1n) is 17.0. The summed E-state index contributed by atoms with van der Waals surface area (Å²) in [6.45, 7) is 7.04. The summed E-state index contributed by atoms with van der Waals surface area (Å²) in [6.07, 6.45) is 39.9. The van der Waals surface area contributed by atoms with Crippen LogP contribution in [0.5, 0.6) is 0 Å². The highest BCUT2D eigenvalue weighted by molar-refractivity contribution is 7.10. The van der Waals surface area contributed by atoms with Crippen LogP contribution in [-0.4, -0.2) is 5.97 Å². The van der Waals surface area contributed by atoms with Crippen molar-refractivity contribution in [3.05, 3.63) is 0 Å². The lowest BCUT2D eigenvalue weighted by Gasteiger charge is -2.35. The first kappa shape index (κ1) is 36.9. The molecule has 0 saturated heterocycles. The number of carbonyl (C=O) groups excluding carboxylic acids is 1.